The molecular weight excluding hydrogens is 250 g/mol. The zero-order valence-electron chi connectivity index (χ0n) is 10.7. The Kier molecular flexibility index (Phi) is 4.87. The summed E-state index contributed by atoms with van der Waals surface area (Å²) in [7, 11) is 1.59. The van der Waals surface area contributed by atoms with E-state index in [1.807, 2.05) is 6.07 Å². The average Bonchev–Trinajstić information content (AvgIpc) is 2.39. The van der Waals surface area contributed by atoms with E-state index in [4.69, 9.17) is 16.3 Å². The first kappa shape index (κ1) is 13.7. The van der Waals surface area contributed by atoms with E-state index in [2.05, 4.69) is 4.90 Å². The van der Waals surface area contributed by atoms with Gasteiger partial charge in [-0.2, -0.15) is 0 Å². The number of nitrogens with zero attached hydrogens (tertiary/aromatic N) is 1. The second-order valence-corrected chi connectivity index (χ2v) is 5.18. The second kappa shape index (κ2) is 6.41. The molecule has 1 unspecified atom stereocenters. The summed E-state index contributed by atoms with van der Waals surface area (Å²) in [6.45, 7) is 2.85. The monoisotopic (exact) mass is 269 g/mol. The number of ether oxygens (including phenoxy) is 1. The molecule has 1 aromatic carbocycles. The van der Waals surface area contributed by atoms with Crippen molar-refractivity contribution in [1.29, 1.82) is 0 Å². The Morgan fingerprint density at radius 3 is 2.67 bits per heavy atom. The van der Waals surface area contributed by atoms with E-state index in [0.717, 1.165) is 18.7 Å². The molecule has 1 heterocycles. The van der Waals surface area contributed by atoms with Gasteiger partial charge in [0, 0.05) is 6.54 Å². The molecule has 1 saturated heterocycles. The van der Waals surface area contributed by atoms with Crippen LogP contribution < -0.4 is 4.74 Å². The number of aliphatic hydroxyl groups excluding tert-OH is 1. The molecule has 0 radical (unpaired) electrons. The number of benzene rings is 1. The Morgan fingerprint density at radius 1 is 1.33 bits per heavy atom. The van der Waals surface area contributed by atoms with Crippen LogP contribution >= 0.6 is 11.6 Å². The molecule has 0 saturated carbocycles. The molecule has 3 nitrogen and oxygen atoms in total. The Labute approximate surface area is 113 Å². The lowest BCUT2D eigenvalue weighted by atomic mass is 10.1. The van der Waals surface area contributed by atoms with Crippen LogP contribution in [0.3, 0.4) is 0 Å². The zero-order valence-corrected chi connectivity index (χ0v) is 11.5. The summed E-state index contributed by atoms with van der Waals surface area (Å²) in [5, 5.41) is 10.8. The Balaban J connectivity index is 1.99. The van der Waals surface area contributed by atoms with Crippen molar-refractivity contribution in [3.63, 3.8) is 0 Å². The maximum Gasteiger partial charge on any atom is 0.137 e. The van der Waals surface area contributed by atoms with Crippen molar-refractivity contribution in [3.05, 3.63) is 28.8 Å². The van der Waals surface area contributed by atoms with Crippen LogP contribution in [0.4, 0.5) is 0 Å². The van der Waals surface area contributed by atoms with Crippen molar-refractivity contribution in [2.24, 2.45) is 0 Å². The summed E-state index contributed by atoms with van der Waals surface area (Å²) in [6.07, 6.45) is 3.29. The highest BCUT2D eigenvalue weighted by molar-refractivity contribution is 6.32. The first-order valence-electron chi connectivity index (χ1n) is 6.44. The molecule has 4 heteroatoms. The molecule has 0 aromatic heterocycles. The number of hydrogen-bond acceptors (Lipinski definition) is 3. The standard InChI is InChI=1S/C14H20ClNO2/c1-18-14-6-5-11(9-12(14)15)13(17)10-16-7-3-2-4-8-16/h5-6,9,13,17H,2-4,7-8,10H2,1H3. The lowest BCUT2D eigenvalue weighted by Crippen LogP contribution is -2.33. The number of hydrogen-bond donors (Lipinski definition) is 1. The zero-order chi connectivity index (χ0) is 13.0. The van der Waals surface area contributed by atoms with Crippen LogP contribution in [-0.2, 0) is 0 Å². The quantitative estimate of drug-likeness (QED) is 0.912. The number of rotatable bonds is 4. The summed E-state index contributed by atoms with van der Waals surface area (Å²) >= 11 is 6.07. The van der Waals surface area contributed by atoms with Gasteiger partial charge in [0.2, 0.25) is 0 Å². The van der Waals surface area contributed by atoms with Gasteiger partial charge in [0.15, 0.2) is 0 Å². The van der Waals surface area contributed by atoms with E-state index in [0.29, 0.717) is 17.3 Å². The van der Waals surface area contributed by atoms with Crippen molar-refractivity contribution in [1.82, 2.24) is 4.90 Å². The SMILES string of the molecule is COc1ccc(C(O)CN2CCCCC2)cc1Cl. The second-order valence-electron chi connectivity index (χ2n) is 4.77. The molecule has 1 N–H and O–H groups in total. The van der Waals surface area contributed by atoms with Crippen molar-refractivity contribution >= 4 is 11.6 Å². The molecule has 0 bridgehead atoms. The first-order chi connectivity index (χ1) is 8.70. The van der Waals surface area contributed by atoms with Crippen LogP contribution in [0.1, 0.15) is 30.9 Å². The summed E-state index contributed by atoms with van der Waals surface area (Å²) in [5.74, 6) is 0.644. The van der Waals surface area contributed by atoms with Crippen LogP contribution in [0.5, 0.6) is 5.75 Å². The third-order valence-electron chi connectivity index (χ3n) is 3.44. The third-order valence-corrected chi connectivity index (χ3v) is 3.74. The van der Waals surface area contributed by atoms with Crippen LogP contribution in [0.25, 0.3) is 0 Å². The van der Waals surface area contributed by atoms with Gasteiger partial charge in [-0.25, -0.2) is 0 Å². The molecular formula is C14H20ClNO2. The highest BCUT2D eigenvalue weighted by Crippen LogP contribution is 2.28. The van der Waals surface area contributed by atoms with Gasteiger partial charge in [0.25, 0.3) is 0 Å². The minimum Gasteiger partial charge on any atom is -0.495 e. The van der Waals surface area contributed by atoms with Gasteiger partial charge >= 0.3 is 0 Å². The molecule has 1 atom stereocenters. The lowest BCUT2D eigenvalue weighted by molar-refractivity contribution is 0.101. The minimum atomic E-state index is -0.480. The normalized spacial score (nSPS) is 18.6. The van der Waals surface area contributed by atoms with E-state index in [1.165, 1.54) is 19.3 Å². The lowest BCUT2D eigenvalue weighted by Gasteiger charge is -2.28. The highest BCUT2D eigenvalue weighted by Gasteiger charge is 2.16. The number of piperidine rings is 1. The smallest absolute Gasteiger partial charge is 0.137 e. The van der Waals surface area contributed by atoms with E-state index in [1.54, 1.807) is 19.2 Å². The van der Waals surface area contributed by atoms with Crippen molar-refractivity contribution in [2.45, 2.75) is 25.4 Å². The van der Waals surface area contributed by atoms with Crippen LogP contribution in [-0.4, -0.2) is 36.8 Å². The fourth-order valence-corrected chi connectivity index (χ4v) is 2.65. The minimum absolute atomic E-state index is 0.480. The molecule has 2 rings (SSSR count). The first-order valence-corrected chi connectivity index (χ1v) is 6.82. The number of β-amino-alcohol motifs (C(OH)–C–C–N with tert-alkyl or cyclic N) is 1. The van der Waals surface area contributed by atoms with Gasteiger partial charge in [0.1, 0.15) is 5.75 Å². The molecule has 100 valence electrons. The summed E-state index contributed by atoms with van der Waals surface area (Å²) in [4.78, 5) is 2.31. The van der Waals surface area contributed by atoms with Crippen LogP contribution in [0.15, 0.2) is 18.2 Å². The topological polar surface area (TPSA) is 32.7 Å². The van der Waals surface area contributed by atoms with Gasteiger partial charge in [-0.05, 0) is 43.6 Å². The number of likely N-dealkylation sites (tertiary alicyclic amines) is 1. The number of aliphatic hydroxyl groups is 1. The maximum atomic E-state index is 10.2. The van der Waals surface area contributed by atoms with Gasteiger partial charge in [-0.3, -0.25) is 0 Å². The summed E-state index contributed by atoms with van der Waals surface area (Å²) in [5.41, 5.74) is 0.853. The third kappa shape index (κ3) is 3.37. The van der Waals surface area contributed by atoms with Crippen LogP contribution in [0, 0.1) is 0 Å². The maximum absolute atomic E-state index is 10.2. The fraction of sp³-hybridized carbons (Fsp3) is 0.571. The predicted octanol–water partition coefficient (Wildman–Crippen LogP) is 2.87. The molecule has 1 aromatic rings. The fourth-order valence-electron chi connectivity index (χ4n) is 2.38. The molecule has 1 aliphatic heterocycles. The molecule has 18 heavy (non-hydrogen) atoms. The Bertz CT molecular complexity index is 391. The Morgan fingerprint density at radius 2 is 2.06 bits per heavy atom. The van der Waals surface area contributed by atoms with E-state index in [-0.39, 0.29) is 0 Å². The van der Waals surface area contributed by atoms with E-state index < -0.39 is 6.10 Å². The summed E-state index contributed by atoms with van der Waals surface area (Å²) < 4.78 is 5.11. The molecule has 0 spiro atoms. The molecule has 1 fully saturated rings. The number of methoxy groups -OCH3 is 1. The van der Waals surface area contributed by atoms with Gasteiger partial charge in [-0.15, -0.1) is 0 Å². The molecule has 0 amide bonds. The summed E-state index contributed by atoms with van der Waals surface area (Å²) in [6, 6.07) is 5.46. The van der Waals surface area contributed by atoms with Gasteiger partial charge < -0.3 is 14.7 Å². The predicted molar refractivity (Wildman–Crippen MR) is 73.3 cm³/mol. The van der Waals surface area contributed by atoms with Gasteiger partial charge in [-0.1, -0.05) is 24.1 Å². The highest BCUT2D eigenvalue weighted by atomic mass is 35.5. The average molecular weight is 270 g/mol. The molecule has 1 aliphatic rings. The van der Waals surface area contributed by atoms with Crippen molar-refractivity contribution in [3.8, 4) is 5.75 Å². The Hall–Kier alpha value is -0.770. The van der Waals surface area contributed by atoms with E-state index in [9.17, 15) is 5.11 Å². The van der Waals surface area contributed by atoms with Crippen LogP contribution in [0.2, 0.25) is 5.02 Å². The number of halogens is 1. The van der Waals surface area contributed by atoms with Crippen molar-refractivity contribution in [2.75, 3.05) is 26.7 Å². The van der Waals surface area contributed by atoms with E-state index >= 15 is 0 Å². The molecule has 0 aliphatic carbocycles. The van der Waals surface area contributed by atoms with Gasteiger partial charge in [0.05, 0.1) is 18.2 Å². The largest absolute Gasteiger partial charge is 0.495 e. The van der Waals surface area contributed by atoms with Crippen molar-refractivity contribution < 1.29 is 9.84 Å².